The molecule has 0 radical (unpaired) electrons. The highest BCUT2D eigenvalue weighted by Gasteiger charge is 2.30. The van der Waals surface area contributed by atoms with Gasteiger partial charge < -0.3 is 38.3 Å². The number of carbonyl (C=O) groups is 5. The summed E-state index contributed by atoms with van der Waals surface area (Å²) in [7, 11) is 0. The number of nitrogens with two attached hydrogens (primary N) is 3. The summed E-state index contributed by atoms with van der Waals surface area (Å²) in [6, 6.07) is 4.78. The molecule has 0 aromatic heterocycles. The van der Waals surface area contributed by atoms with Crippen LogP contribution < -0.4 is 33.2 Å². The molecule has 0 bridgehead atoms. The minimum Gasteiger partial charge on any atom is -0.480 e. The van der Waals surface area contributed by atoms with Crippen molar-refractivity contribution in [3.8, 4) is 0 Å². The van der Waals surface area contributed by atoms with Crippen molar-refractivity contribution in [1.82, 2.24) is 16.0 Å². The third kappa shape index (κ3) is 12.9. The minimum atomic E-state index is -1.19. The molecule has 0 heterocycles. The van der Waals surface area contributed by atoms with Crippen molar-refractivity contribution in [3.05, 3.63) is 35.9 Å². The molecule has 10 N–H and O–H groups in total. The summed E-state index contributed by atoms with van der Waals surface area (Å²) in [5, 5.41) is 17.1. The molecule has 0 aliphatic carbocycles. The standard InChI is InChI=1S/C25H40N6O6S/c1-38-14-12-19(24(35)31-20(25(36)37)9-5-6-13-26)30-23(34)18(10-11-21(28)32)29-22(33)17(27)15-16-7-3-2-4-8-16/h2-4,7-8,17-20H,5-6,9-15,26-27H2,1H3,(H2,28,32)(H,29,33)(H,30,34)(H,31,35)(H,36,37). The molecule has 12 nitrogen and oxygen atoms in total. The van der Waals surface area contributed by atoms with Crippen molar-refractivity contribution in [2.75, 3.05) is 18.6 Å². The zero-order valence-corrected chi connectivity index (χ0v) is 22.5. The fourth-order valence-corrected chi connectivity index (χ4v) is 4.07. The molecule has 1 aromatic carbocycles. The van der Waals surface area contributed by atoms with Gasteiger partial charge in [0.1, 0.15) is 18.1 Å². The van der Waals surface area contributed by atoms with E-state index in [4.69, 9.17) is 17.2 Å². The van der Waals surface area contributed by atoms with E-state index in [0.717, 1.165) is 5.56 Å². The van der Waals surface area contributed by atoms with Crippen molar-refractivity contribution in [3.63, 3.8) is 0 Å². The summed E-state index contributed by atoms with van der Waals surface area (Å²) in [5.41, 5.74) is 17.6. The van der Waals surface area contributed by atoms with Crippen LogP contribution in [-0.2, 0) is 30.4 Å². The number of amides is 4. The van der Waals surface area contributed by atoms with Gasteiger partial charge in [-0.3, -0.25) is 19.2 Å². The second-order valence-electron chi connectivity index (χ2n) is 8.89. The summed E-state index contributed by atoms with van der Waals surface area (Å²) < 4.78 is 0. The largest absolute Gasteiger partial charge is 0.480 e. The lowest BCUT2D eigenvalue weighted by Gasteiger charge is -2.25. The molecule has 38 heavy (non-hydrogen) atoms. The first-order chi connectivity index (χ1) is 18.1. The van der Waals surface area contributed by atoms with Gasteiger partial charge in [0.2, 0.25) is 23.6 Å². The molecular weight excluding hydrogens is 512 g/mol. The fourth-order valence-electron chi connectivity index (χ4n) is 3.59. The third-order valence-electron chi connectivity index (χ3n) is 5.75. The van der Waals surface area contributed by atoms with Crippen LogP contribution in [0.25, 0.3) is 0 Å². The highest BCUT2D eigenvalue weighted by Crippen LogP contribution is 2.08. The summed E-state index contributed by atoms with van der Waals surface area (Å²) in [6.45, 7) is 0.403. The van der Waals surface area contributed by atoms with E-state index in [1.54, 1.807) is 0 Å². The summed E-state index contributed by atoms with van der Waals surface area (Å²) >= 11 is 1.45. The predicted molar refractivity (Wildman–Crippen MR) is 146 cm³/mol. The van der Waals surface area contributed by atoms with Crippen LogP contribution in [0.1, 0.15) is 44.1 Å². The predicted octanol–water partition coefficient (Wildman–Crippen LogP) is -0.757. The number of rotatable bonds is 19. The molecule has 4 amide bonds. The number of carboxylic acids is 1. The van der Waals surface area contributed by atoms with Crippen molar-refractivity contribution >= 4 is 41.4 Å². The molecule has 0 spiro atoms. The van der Waals surface area contributed by atoms with Gasteiger partial charge in [-0.05, 0) is 62.6 Å². The van der Waals surface area contributed by atoms with Gasteiger partial charge in [-0.2, -0.15) is 11.8 Å². The average Bonchev–Trinajstić information content (AvgIpc) is 2.88. The Kier molecular flexibility index (Phi) is 15.7. The van der Waals surface area contributed by atoms with Crippen LogP contribution in [0, 0.1) is 0 Å². The molecule has 0 saturated carbocycles. The smallest absolute Gasteiger partial charge is 0.326 e. The van der Waals surface area contributed by atoms with Gasteiger partial charge in [-0.1, -0.05) is 30.3 Å². The maximum atomic E-state index is 13.1. The molecule has 0 saturated heterocycles. The number of carbonyl (C=O) groups excluding carboxylic acids is 4. The minimum absolute atomic E-state index is 0.0985. The van der Waals surface area contributed by atoms with Crippen LogP contribution in [-0.4, -0.2) is 77.4 Å². The highest BCUT2D eigenvalue weighted by atomic mass is 32.2. The van der Waals surface area contributed by atoms with Crippen molar-refractivity contribution in [2.24, 2.45) is 17.2 Å². The molecular formula is C25H40N6O6S. The van der Waals surface area contributed by atoms with Crippen LogP contribution in [0.5, 0.6) is 0 Å². The van der Waals surface area contributed by atoms with Crippen molar-refractivity contribution in [1.29, 1.82) is 0 Å². The van der Waals surface area contributed by atoms with Gasteiger partial charge >= 0.3 is 5.97 Å². The Balaban J connectivity index is 2.95. The molecule has 4 atom stereocenters. The van der Waals surface area contributed by atoms with E-state index in [9.17, 15) is 29.1 Å². The second-order valence-corrected chi connectivity index (χ2v) is 9.87. The Morgan fingerprint density at radius 2 is 1.45 bits per heavy atom. The lowest BCUT2D eigenvalue weighted by Crippen LogP contribution is -2.57. The number of benzene rings is 1. The molecule has 1 aromatic rings. The first-order valence-corrected chi connectivity index (χ1v) is 13.9. The molecule has 1 rings (SSSR count). The summed E-state index contributed by atoms with van der Waals surface area (Å²) in [5.74, 6) is -3.32. The molecule has 0 aliphatic rings. The number of aliphatic carboxylic acids is 1. The van der Waals surface area contributed by atoms with Gasteiger partial charge in [0.25, 0.3) is 0 Å². The summed E-state index contributed by atoms with van der Waals surface area (Å²) in [4.78, 5) is 61.8. The van der Waals surface area contributed by atoms with E-state index in [1.807, 2.05) is 36.6 Å². The van der Waals surface area contributed by atoms with Crippen molar-refractivity contribution < 1.29 is 29.1 Å². The molecule has 13 heteroatoms. The Morgan fingerprint density at radius 3 is 2.00 bits per heavy atom. The number of carboxylic acid groups (broad SMARTS) is 1. The van der Waals surface area contributed by atoms with E-state index in [2.05, 4.69) is 16.0 Å². The molecule has 212 valence electrons. The van der Waals surface area contributed by atoms with Crippen molar-refractivity contribution in [2.45, 2.75) is 69.1 Å². The maximum Gasteiger partial charge on any atom is 0.326 e. The second kappa shape index (κ2) is 18.2. The van der Waals surface area contributed by atoms with E-state index < -0.39 is 53.8 Å². The van der Waals surface area contributed by atoms with E-state index in [-0.39, 0.29) is 32.1 Å². The van der Waals surface area contributed by atoms with E-state index in [0.29, 0.717) is 25.1 Å². The van der Waals surface area contributed by atoms with Crippen LogP contribution in [0.2, 0.25) is 0 Å². The summed E-state index contributed by atoms with van der Waals surface area (Å²) in [6.07, 6.45) is 3.31. The third-order valence-corrected chi connectivity index (χ3v) is 6.40. The van der Waals surface area contributed by atoms with Crippen LogP contribution in [0.4, 0.5) is 0 Å². The van der Waals surface area contributed by atoms with Gasteiger partial charge in [0.05, 0.1) is 6.04 Å². The maximum absolute atomic E-state index is 13.1. The average molecular weight is 553 g/mol. The van der Waals surface area contributed by atoms with Gasteiger partial charge in [0, 0.05) is 6.42 Å². The Bertz CT molecular complexity index is 919. The number of hydrogen-bond acceptors (Lipinski definition) is 8. The van der Waals surface area contributed by atoms with Gasteiger partial charge in [-0.15, -0.1) is 0 Å². The molecule has 4 unspecified atom stereocenters. The first-order valence-electron chi connectivity index (χ1n) is 12.5. The number of hydrogen-bond donors (Lipinski definition) is 7. The zero-order valence-electron chi connectivity index (χ0n) is 21.7. The highest BCUT2D eigenvalue weighted by molar-refractivity contribution is 7.98. The Labute approximate surface area is 227 Å². The Hall–Kier alpha value is -3.16. The number of nitrogens with one attached hydrogen (secondary N) is 3. The molecule has 0 fully saturated rings. The number of unbranched alkanes of at least 4 members (excludes halogenated alkanes) is 1. The zero-order chi connectivity index (χ0) is 28.5. The number of thioether (sulfide) groups is 1. The number of primary amides is 1. The van der Waals surface area contributed by atoms with E-state index >= 15 is 0 Å². The molecule has 0 aliphatic heterocycles. The topological polar surface area (TPSA) is 220 Å². The fraction of sp³-hybridized carbons (Fsp3) is 0.560. The SMILES string of the molecule is CSCCC(NC(=O)C(CCC(N)=O)NC(=O)C(N)Cc1ccccc1)C(=O)NC(CCCCN)C(=O)O. The lowest BCUT2D eigenvalue weighted by atomic mass is 10.0. The van der Waals surface area contributed by atoms with Crippen LogP contribution in [0.15, 0.2) is 30.3 Å². The van der Waals surface area contributed by atoms with Crippen LogP contribution >= 0.6 is 11.8 Å². The lowest BCUT2D eigenvalue weighted by molar-refractivity contribution is -0.142. The monoisotopic (exact) mass is 552 g/mol. The normalized spacial score (nSPS) is 14.0. The Morgan fingerprint density at radius 1 is 0.868 bits per heavy atom. The van der Waals surface area contributed by atoms with E-state index in [1.165, 1.54) is 11.8 Å². The quantitative estimate of drug-likeness (QED) is 0.107. The first kappa shape index (κ1) is 32.9. The van der Waals surface area contributed by atoms with Gasteiger partial charge in [-0.25, -0.2) is 4.79 Å². The van der Waals surface area contributed by atoms with Gasteiger partial charge in [0.15, 0.2) is 0 Å². The van der Waals surface area contributed by atoms with Crippen LogP contribution in [0.3, 0.4) is 0 Å².